The molecule has 2 N–H and O–H groups in total. The average molecular weight is 252 g/mol. The van der Waals surface area contributed by atoms with E-state index in [-0.39, 0.29) is 0 Å². The Morgan fingerprint density at radius 1 is 1.35 bits per heavy atom. The van der Waals surface area contributed by atoms with Crippen molar-refractivity contribution in [2.24, 2.45) is 5.73 Å². The highest BCUT2D eigenvalue weighted by molar-refractivity contribution is 7.98. The summed E-state index contributed by atoms with van der Waals surface area (Å²) >= 11 is 1.91. The maximum Gasteiger partial charge on any atom is 0.0366 e. The molecule has 0 aliphatic rings. The number of rotatable bonds is 7. The summed E-state index contributed by atoms with van der Waals surface area (Å²) < 4.78 is 0. The average Bonchev–Trinajstić information content (AvgIpc) is 2.32. The van der Waals surface area contributed by atoms with Crippen molar-refractivity contribution in [3.05, 3.63) is 29.3 Å². The normalized spacial score (nSPS) is 10.6. The molecule has 0 fully saturated rings. The van der Waals surface area contributed by atoms with E-state index in [4.69, 9.17) is 5.73 Å². The second-order valence-corrected chi connectivity index (χ2v) is 5.40. The summed E-state index contributed by atoms with van der Waals surface area (Å²) in [6, 6.07) is 6.68. The summed E-state index contributed by atoms with van der Waals surface area (Å²) in [5.74, 6) is 1.23. The number of thioether (sulfide) groups is 1. The van der Waals surface area contributed by atoms with Crippen LogP contribution in [0.25, 0.3) is 0 Å². The van der Waals surface area contributed by atoms with E-state index in [1.54, 1.807) is 0 Å². The predicted molar refractivity (Wildman–Crippen MR) is 80.2 cm³/mol. The first kappa shape index (κ1) is 14.4. The molecule has 1 aromatic rings. The summed E-state index contributed by atoms with van der Waals surface area (Å²) in [6.45, 7) is 4.02. The van der Waals surface area contributed by atoms with E-state index in [0.717, 1.165) is 19.5 Å². The van der Waals surface area contributed by atoms with Crippen LogP contribution in [0.2, 0.25) is 0 Å². The minimum Gasteiger partial charge on any atom is -0.375 e. The van der Waals surface area contributed by atoms with Crippen LogP contribution in [0.15, 0.2) is 18.2 Å². The fraction of sp³-hybridized carbons (Fsp3) is 0.571. The van der Waals surface area contributed by atoms with Gasteiger partial charge in [-0.25, -0.2) is 0 Å². The van der Waals surface area contributed by atoms with E-state index in [1.165, 1.54) is 29.0 Å². The number of hydrogen-bond acceptors (Lipinski definition) is 3. The van der Waals surface area contributed by atoms with Crippen molar-refractivity contribution in [3.8, 4) is 0 Å². The molecule has 17 heavy (non-hydrogen) atoms. The first-order chi connectivity index (χ1) is 8.19. The molecule has 3 heteroatoms. The lowest BCUT2D eigenvalue weighted by molar-refractivity contribution is 0.858. The van der Waals surface area contributed by atoms with Gasteiger partial charge in [-0.1, -0.05) is 6.07 Å². The predicted octanol–water partition coefficient (Wildman–Crippen LogP) is 2.69. The maximum atomic E-state index is 5.60. The van der Waals surface area contributed by atoms with Gasteiger partial charge in [0.15, 0.2) is 0 Å². The topological polar surface area (TPSA) is 29.3 Å². The van der Waals surface area contributed by atoms with Crippen LogP contribution in [-0.2, 0) is 6.42 Å². The highest BCUT2D eigenvalue weighted by atomic mass is 32.2. The van der Waals surface area contributed by atoms with Crippen LogP contribution in [-0.4, -0.2) is 32.1 Å². The van der Waals surface area contributed by atoms with Gasteiger partial charge in [0, 0.05) is 19.3 Å². The van der Waals surface area contributed by atoms with Gasteiger partial charge in [-0.05, 0) is 61.6 Å². The lowest BCUT2D eigenvalue weighted by Crippen LogP contribution is -2.19. The number of nitrogens with zero attached hydrogens (tertiary/aromatic N) is 1. The van der Waals surface area contributed by atoms with Crippen LogP contribution in [0.5, 0.6) is 0 Å². The molecule has 0 radical (unpaired) electrons. The Kier molecular flexibility index (Phi) is 6.45. The SMILES string of the molecule is CSCCCN(C)c1ccc(CCN)c(C)c1. The van der Waals surface area contributed by atoms with Gasteiger partial charge in [0.25, 0.3) is 0 Å². The summed E-state index contributed by atoms with van der Waals surface area (Å²) in [5, 5.41) is 0. The van der Waals surface area contributed by atoms with Crippen LogP contribution >= 0.6 is 11.8 Å². The van der Waals surface area contributed by atoms with E-state index in [9.17, 15) is 0 Å². The molecule has 0 heterocycles. The van der Waals surface area contributed by atoms with Gasteiger partial charge in [-0.15, -0.1) is 0 Å². The maximum absolute atomic E-state index is 5.60. The van der Waals surface area contributed by atoms with E-state index < -0.39 is 0 Å². The summed E-state index contributed by atoms with van der Waals surface area (Å²) in [4.78, 5) is 2.33. The van der Waals surface area contributed by atoms with Gasteiger partial charge in [0.05, 0.1) is 0 Å². The molecule has 0 bridgehead atoms. The van der Waals surface area contributed by atoms with Gasteiger partial charge < -0.3 is 10.6 Å². The fourth-order valence-electron chi connectivity index (χ4n) is 1.93. The molecular formula is C14H24N2S. The zero-order chi connectivity index (χ0) is 12.7. The monoisotopic (exact) mass is 252 g/mol. The van der Waals surface area contributed by atoms with Crippen molar-refractivity contribution in [3.63, 3.8) is 0 Å². The molecule has 1 aromatic carbocycles. The number of anilines is 1. The third-order valence-electron chi connectivity index (χ3n) is 3.02. The molecular weight excluding hydrogens is 228 g/mol. The Labute approximate surface area is 110 Å². The van der Waals surface area contributed by atoms with Gasteiger partial charge in [0.2, 0.25) is 0 Å². The lowest BCUT2D eigenvalue weighted by Gasteiger charge is -2.20. The quantitative estimate of drug-likeness (QED) is 0.757. The second kappa shape index (κ2) is 7.62. The minimum absolute atomic E-state index is 0.726. The molecule has 0 saturated heterocycles. The zero-order valence-electron chi connectivity index (χ0n) is 11.2. The van der Waals surface area contributed by atoms with Crippen molar-refractivity contribution < 1.29 is 0 Å². The number of hydrogen-bond donors (Lipinski definition) is 1. The standard InChI is InChI=1S/C14H24N2S/c1-12-11-14(6-5-13(12)7-8-15)16(2)9-4-10-17-3/h5-6,11H,4,7-10,15H2,1-3H3. The van der Waals surface area contributed by atoms with Gasteiger partial charge in [-0.2, -0.15) is 11.8 Å². The Morgan fingerprint density at radius 2 is 2.12 bits per heavy atom. The Morgan fingerprint density at radius 3 is 2.71 bits per heavy atom. The van der Waals surface area contributed by atoms with E-state index in [1.807, 2.05) is 11.8 Å². The molecule has 0 unspecified atom stereocenters. The first-order valence-corrected chi connectivity index (χ1v) is 7.58. The van der Waals surface area contributed by atoms with Crippen molar-refractivity contribution in [2.75, 3.05) is 37.0 Å². The highest BCUT2D eigenvalue weighted by Gasteiger charge is 2.03. The van der Waals surface area contributed by atoms with Crippen LogP contribution in [0.4, 0.5) is 5.69 Å². The van der Waals surface area contributed by atoms with Crippen molar-refractivity contribution in [1.29, 1.82) is 0 Å². The molecule has 1 rings (SSSR count). The molecule has 0 atom stereocenters. The molecule has 96 valence electrons. The Bertz CT molecular complexity index is 339. The van der Waals surface area contributed by atoms with Gasteiger partial charge in [0.1, 0.15) is 0 Å². The number of nitrogens with two attached hydrogens (primary N) is 1. The van der Waals surface area contributed by atoms with E-state index in [0.29, 0.717) is 0 Å². The molecule has 0 saturated carbocycles. The molecule has 0 amide bonds. The van der Waals surface area contributed by atoms with Gasteiger partial charge >= 0.3 is 0 Å². The lowest BCUT2D eigenvalue weighted by atomic mass is 10.0. The summed E-state index contributed by atoms with van der Waals surface area (Å²) in [5.41, 5.74) is 9.63. The van der Waals surface area contributed by atoms with Crippen LogP contribution < -0.4 is 10.6 Å². The minimum atomic E-state index is 0.726. The highest BCUT2D eigenvalue weighted by Crippen LogP contribution is 2.18. The van der Waals surface area contributed by atoms with Crippen LogP contribution in [0, 0.1) is 6.92 Å². The zero-order valence-corrected chi connectivity index (χ0v) is 12.0. The van der Waals surface area contributed by atoms with E-state index >= 15 is 0 Å². The smallest absolute Gasteiger partial charge is 0.0366 e. The van der Waals surface area contributed by atoms with Gasteiger partial charge in [-0.3, -0.25) is 0 Å². The van der Waals surface area contributed by atoms with Crippen molar-refractivity contribution in [2.45, 2.75) is 19.8 Å². The van der Waals surface area contributed by atoms with E-state index in [2.05, 4.69) is 43.3 Å². The summed E-state index contributed by atoms with van der Waals surface area (Å²) in [7, 11) is 2.16. The van der Waals surface area contributed by atoms with Crippen molar-refractivity contribution >= 4 is 17.4 Å². The first-order valence-electron chi connectivity index (χ1n) is 6.18. The van der Waals surface area contributed by atoms with Crippen LogP contribution in [0.3, 0.4) is 0 Å². The van der Waals surface area contributed by atoms with Crippen molar-refractivity contribution in [1.82, 2.24) is 0 Å². The number of benzene rings is 1. The molecule has 0 aromatic heterocycles. The fourth-order valence-corrected chi connectivity index (χ4v) is 2.35. The molecule has 0 aliphatic heterocycles. The molecule has 0 aliphatic carbocycles. The molecule has 2 nitrogen and oxygen atoms in total. The largest absolute Gasteiger partial charge is 0.375 e. The summed E-state index contributed by atoms with van der Waals surface area (Å²) in [6.07, 6.45) is 4.37. The molecule has 0 spiro atoms. The third-order valence-corrected chi connectivity index (χ3v) is 3.72. The number of aryl methyl sites for hydroxylation is 1. The van der Waals surface area contributed by atoms with Crippen LogP contribution in [0.1, 0.15) is 17.5 Å². The Balaban J connectivity index is 2.62. The second-order valence-electron chi connectivity index (χ2n) is 4.42. The Hall–Kier alpha value is -0.670. The third kappa shape index (κ3) is 4.60.